The Kier molecular flexibility index (Phi) is 4.24. The van der Waals surface area contributed by atoms with Gasteiger partial charge >= 0.3 is 0 Å². The lowest BCUT2D eigenvalue weighted by Crippen LogP contribution is -2.41. The Morgan fingerprint density at radius 2 is 2.27 bits per heavy atom. The smallest absolute Gasteiger partial charge is 0.242 e. The Bertz CT molecular complexity index is 622. The number of aliphatic hydroxyl groups is 1. The molecule has 1 saturated carbocycles. The third kappa shape index (κ3) is 3.54. The van der Waals surface area contributed by atoms with E-state index in [2.05, 4.69) is 15.5 Å². The van der Waals surface area contributed by atoms with Crippen LogP contribution in [0.25, 0.3) is 0 Å². The van der Waals surface area contributed by atoms with Gasteiger partial charge in [-0.05, 0) is 37.3 Å². The van der Waals surface area contributed by atoms with Gasteiger partial charge in [-0.25, -0.2) is 0 Å². The standard InChI is InChI=1S/C15H21N5O2/c1-11-7-17-20(8-11)10-15(22)18-13-5-12(6-14(13)21)9-19-4-2-3-16-19/h2-4,7-8,12-14,21H,5-6,9-10H2,1H3,(H,18,22)/t12?,13-,14-/m1/s1. The maximum Gasteiger partial charge on any atom is 0.242 e. The van der Waals surface area contributed by atoms with Gasteiger partial charge in [-0.1, -0.05) is 0 Å². The molecule has 1 fully saturated rings. The third-order valence-electron chi connectivity index (χ3n) is 4.05. The van der Waals surface area contributed by atoms with Crippen LogP contribution in [0.1, 0.15) is 18.4 Å². The fraction of sp³-hybridized carbons (Fsp3) is 0.533. The monoisotopic (exact) mass is 303 g/mol. The van der Waals surface area contributed by atoms with Crippen LogP contribution in [0, 0.1) is 12.8 Å². The lowest BCUT2D eigenvalue weighted by atomic mass is 10.1. The highest BCUT2D eigenvalue weighted by Gasteiger charge is 2.34. The van der Waals surface area contributed by atoms with Crippen molar-refractivity contribution >= 4 is 5.91 Å². The number of amides is 1. The van der Waals surface area contributed by atoms with Gasteiger partial charge in [0.25, 0.3) is 0 Å². The number of nitrogens with one attached hydrogen (secondary N) is 1. The Morgan fingerprint density at radius 1 is 1.41 bits per heavy atom. The zero-order valence-electron chi connectivity index (χ0n) is 12.6. The first-order valence-electron chi connectivity index (χ1n) is 7.54. The molecule has 1 unspecified atom stereocenters. The summed E-state index contributed by atoms with van der Waals surface area (Å²) in [5.41, 5.74) is 1.02. The van der Waals surface area contributed by atoms with E-state index in [-0.39, 0.29) is 18.5 Å². The molecule has 7 nitrogen and oxygen atoms in total. The molecule has 0 saturated heterocycles. The van der Waals surface area contributed by atoms with Crippen LogP contribution in [-0.2, 0) is 17.9 Å². The molecule has 0 radical (unpaired) electrons. The molecule has 0 aromatic carbocycles. The summed E-state index contributed by atoms with van der Waals surface area (Å²) < 4.78 is 3.47. The van der Waals surface area contributed by atoms with Crippen LogP contribution in [0.4, 0.5) is 0 Å². The highest BCUT2D eigenvalue weighted by Crippen LogP contribution is 2.27. The third-order valence-corrected chi connectivity index (χ3v) is 4.05. The van der Waals surface area contributed by atoms with Gasteiger partial charge in [-0.3, -0.25) is 14.2 Å². The molecule has 22 heavy (non-hydrogen) atoms. The number of carbonyl (C=O) groups excluding carboxylic acids is 1. The van der Waals surface area contributed by atoms with E-state index in [0.717, 1.165) is 18.5 Å². The molecule has 0 spiro atoms. The molecule has 3 atom stereocenters. The Labute approximate surface area is 128 Å². The first kappa shape index (κ1) is 14.8. The van der Waals surface area contributed by atoms with E-state index >= 15 is 0 Å². The lowest BCUT2D eigenvalue weighted by molar-refractivity contribution is -0.123. The molecule has 1 amide bonds. The van der Waals surface area contributed by atoms with Gasteiger partial charge in [0.2, 0.25) is 5.91 Å². The Morgan fingerprint density at radius 3 is 2.95 bits per heavy atom. The molecule has 0 bridgehead atoms. The SMILES string of the molecule is Cc1cnn(CC(=O)N[C@@H]2CC(Cn3cccn3)C[C@H]2O)c1. The first-order valence-corrected chi connectivity index (χ1v) is 7.54. The summed E-state index contributed by atoms with van der Waals surface area (Å²) in [6.45, 7) is 2.89. The van der Waals surface area contributed by atoms with E-state index in [1.54, 1.807) is 17.1 Å². The van der Waals surface area contributed by atoms with Crippen molar-refractivity contribution in [1.82, 2.24) is 24.9 Å². The van der Waals surface area contributed by atoms with E-state index in [9.17, 15) is 9.90 Å². The first-order chi connectivity index (χ1) is 10.6. The van der Waals surface area contributed by atoms with Crippen LogP contribution in [0.5, 0.6) is 0 Å². The number of rotatable bonds is 5. The zero-order valence-corrected chi connectivity index (χ0v) is 12.6. The highest BCUT2D eigenvalue weighted by molar-refractivity contribution is 5.76. The zero-order chi connectivity index (χ0) is 15.5. The number of aliphatic hydroxyl groups excluding tert-OH is 1. The summed E-state index contributed by atoms with van der Waals surface area (Å²) in [6, 6.07) is 1.70. The second-order valence-corrected chi connectivity index (χ2v) is 6.02. The summed E-state index contributed by atoms with van der Waals surface area (Å²) in [6.07, 6.45) is 8.16. The fourth-order valence-corrected chi connectivity index (χ4v) is 3.05. The van der Waals surface area contributed by atoms with Crippen molar-refractivity contribution in [1.29, 1.82) is 0 Å². The molecule has 1 aliphatic rings. The van der Waals surface area contributed by atoms with Crippen LogP contribution >= 0.6 is 0 Å². The maximum atomic E-state index is 12.0. The quantitative estimate of drug-likeness (QED) is 0.834. The van der Waals surface area contributed by atoms with Crippen molar-refractivity contribution in [2.24, 2.45) is 5.92 Å². The number of aryl methyl sites for hydroxylation is 1. The van der Waals surface area contributed by atoms with Gasteiger partial charge in [0.15, 0.2) is 0 Å². The number of hydrogen-bond donors (Lipinski definition) is 2. The number of aromatic nitrogens is 4. The van der Waals surface area contributed by atoms with Crippen molar-refractivity contribution in [2.45, 2.75) is 45.0 Å². The van der Waals surface area contributed by atoms with E-state index in [0.29, 0.717) is 12.3 Å². The van der Waals surface area contributed by atoms with E-state index in [1.165, 1.54) is 0 Å². The minimum atomic E-state index is -0.496. The van der Waals surface area contributed by atoms with E-state index < -0.39 is 6.10 Å². The van der Waals surface area contributed by atoms with Gasteiger partial charge < -0.3 is 10.4 Å². The predicted molar refractivity (Wildman–Crippen MR) is 79.9 cm³/mol. The molecule has 7 heteroatoms. The number of hydrogen-bond acceptors (Lipinski definition) is 4. The van der Waals surface area contributed by atoms with Gasteiger partial charge in [-0.15, -0.1) is 0 Å². The molecule has 2 heterocycles. The van der Waals surface area contributed by atoms with E-state index in [4.69, 9.17) is 0 Å². The number of carbonyl (C=O) groups is 1. The molecule has 118 valence electrons. The van der Waals surface area contributed by atoms with Crippen molar-refractivity contribution in [3.8, 4) is 0 Å². The highest BCUT2D eigenvalue weighted by atomic mass is 16.3. The second kappa shape index (κ2) is 6.31. The summed E-state index contributed by atoms with van der Waals surface area (Å²) in [7, 11) is 0. The number of nitrogens with zero attached hydrogens (tertiary/aromatic N) is 4. The van der Waals surface area contributed by atoms with Gasteiger partial charge in [0, 0.05) is 25.1 Å². The second-order valence-electron chi connectivity index (χ2n) is 6.02. The average Bonchev–Trinajstić information content (AvgIpc) is 3.15. The summed E-state index contributed by atoms with van der Waals surface area (Å²) in [4.78, 5) is 12.0. The van der Waals surface area contributed by atoms with Crippen molar-refractivity contribution < 1.29 is 9.90 Å². The topological polar surface area (TPSA) is 85.0 Å². The molecular formula is C15H21N5O2. The molecular weight excluding hydrogens is 282 g/mol. The van der Waals surface area contributed by atoms with Crippen molar-refractivity contribution in [3.05, 3.63) is 36.4 Å². The lowest BCUT2D eigenvalue weighted by Gasteiger charge is -2.16. The molecule has 0 aliphatic heterocycles. The molecule has 3 rings (SSSR count). The average molecular weight is 303 g/mol. The van der Waals surface area contributed by atoms with Crippen LogP contribution in [-0.4, -0.2) is 42.7 Å². The summed E-state index contributed by atoms with van der Waals surface area (Å²) in [5.74, 6) is 0.207. The van der Waals surface area contributed by atoms with Crippen molar-refractivity contribution in [2.75, 3.05) is 0 Å². The largest absolute Gasteiger partial charge is 0.391 e. The molecule has 2 N–H and O–H groups in total. The Hall–Kier alpha value is -2.15. The van der Waals surface area contributed by atoms with Gasteiger partial charge in [0.1, 0.15) is 6.54 Å². The normalized spacial score (nSPS) is 24.5. The fourth-order valence-electron chi connectivity index (χ4n) is 3.05. The van der Waals surface area contributed by atoms with Crippen LogP contribution < -0.4 is 5.32 Å². The minimum absolute atomic E-state index is 0.119. The summed E-state index contributed by atoms with van der Waals surface area (Å²) >= 11 is 0. The molecule has 2 aromatic rings. The van der Waals surface area contributed by atoms with Crippen LogP contribution in [0.3, 0.4) is 0 Å². The minimum Gasteiger partial charge on any atom is -0.391 e. The van der Waals surface area contributed by atoms with Crippen molar-refractivity contribution in [3.63, 3.8) is 0 Å². The Balaban J connectivity index is 1.50. The molecule has 2 aromatic heterocycles. The maximum absolute atomic E-state index is 12.0. The van der Waals surface area contributed by atoms with Crippen LogP contribution in [0.2, 0.25) is 0 Å². The van der Waals surface area contributed by atoms with Gasteiger partial charge in [0.05, 0.1) is 18.3 Å². The van der Waals surface area contributed by atoms with Crippen LogP contribution in [0.15, 0.2) is 30.9 Å². The predicted octanol–water partition coefficient (Wildman–Crippen LogP) is 0.344. The van der Waals surface area contributed by atoms with Gasteiger partial charge in [-0.2, -0.15) is 10.2 Å². The summed E-state index contributed by atoms with van der Waals surface area (Å²) in [5, 5.41) is 21.3. The van der Waals surface area contributed by atoms with E-state index in [1.807, 2.05) is 30.1 Å². The molecule has 1 aliphatic carbocycles.